The molecule has 1 saturated carbocycles. The predicted octanol–water partition coefficient (Wildman–Crippen LogP) is 4.20. The lowest BCUT2D eigenvalue weighted by atomic mass is 9.85. The summed E-state index contributed by atoms with van der Waals surface area (Å²) in [5.41, 5.74) is 3.34. The van der Waals surface area contributed by atoms with Crippen LogP contribution in [0.2, 0.25) is 0 Å². The van der Waals surface area contributed by atoms with Crippen LogP contribution < -0.4 is 10.2 Å². The Morgan fingerprint density at radius 3 is 2.55 bits per heavy atom. The minimum Gasteiger partial charge on any atom is -0.447 e. The SMILES string of the molecule is N#Cc1cc(NC(=O)C2CCC2)ccc1N1CCN(C(c2ccccc2)c2ncco2)CC1. The van der Waals surface area contributed by atoms with E-state index in [4.69, 9.17) is 4.42 Å². The topological polar surface area (TPSA) is 85.4 Å². The van der Waals surface area contributed by atoms with Gasteiger partial charge in [-0.3, -0.25) is 9.69 Å². The number of amides is 1. The van der Waals surface area contributed by atoms with Crippen molar-refractivity contribution >= 4 is 17.3 Å². The largest absolute Gasteiger partial charge is 0.447 e. The van der Waals surface area contributed by atoms with Crippen molar-refractivity contribution in [2.75, 3.05) is 36.4 Å². The molecule has 7 nitrogen and oxygen atoms in total. The van der Waals surface area contributed by atoms with Gasteiger partial charge < -0.3 is 14.6 Å². The van der Waals surface area contributed by atoms with Crippen molar-refractivity contribution in [1.82, 2.24) is 9.88 Å². The zero-order valence-corrected chi connectivity index (χ0v) is 18.5. The fraction of sp³-hybridized carbons (Fsp3) is 0.346. The van der Waals surface area contributed by atoms with Crippen molar-refractivity contribution in [2.24, 2.45) is 5.92 Å². The molecule has 2 aromatic carbocycles. The molecule has 0 radical (unpaired) electrons. The van der Waals surface area contributed by atoms with E-state index in [-0.39, 0.29) is 17.9 Å². The lowest BCUT2D eigenvalue weighted by Gasteiger charge is -2.39. The number of anilines is 2. The maximum atomic E-state index is 12.3. The summed E-state index contributed by atoms with van der Waals surface area (Å²) in [6.45, 7) is 3.19. The zero-order chi connectivity index (χ0) is 22.6. The Morgan fingerprint density at radius 1 is 1.12 bits per heavy atom. The summed E-state index contributed by atoms with van der Waals surface area (Å²) in [5.74, 6) is 0.869. The van der Waals surface area contributed by atoms with E-state index in [1.54, 1.807) is 18.5 Å². The molecule has 7 heteroatoms. The molecule has 2 fully saturated rings. The zero-order valence-electron chi connectivity index (χ0n) is 18.5. The van der Waals surface area contributed by atoms with Gasteiger partial charge in [-0.25, -0.2) is 4.98 Å². The van der Waals surface area contributed by atoms with Crippen LogP contribution in [0.1, 0.15) is 42.3 Å². The Morgan fingerprint density at radius 2 is 1.91 bits per heavy atom. The summed E-state index contributed by atoms with van der Waals surface area (Å²) in [6, 6.07) is 18.2. The van der Waals surface area contributed by atoms with Crippen LogP contribution >= 0.6 is 0 Å². The summed E-state index contributed by atoms with van der Waals surface area (Å²) in [7, 11) is 0. The van der Waals surface area contributed by atoms with Crippen molar-refractivity contribution in [2.45, 2.75) is 25.3 Å². The normalized spacial score (nSPS) is 17.7. The Kier molecular flexibility index (Phi) is 6.09. The summed E-state index contributed by atoms with van der Waals surface area (Å²) < 4.78 is 5.68. The summed E-state index contributed by atoms with van der Waals surface area (Å²) in [6.07, 6.45) is 6.33. The number of nitriles is 1. The number of benzene rings is 2. The number of hydrogen-bond acceptors (Lipinski definition) is 6. The van der Waals surface area contributed by atoms with E-state index in [2.05, 4.69) is 38.3 Å². The molecular formula is C26H27N5O2. The van der Waals surface area contributed by atoms with Crippen LogP contribution in [0.4, 0.5) is 11.4 Å². The fourth-order valence-corrected chi connectivity index (χ4v) is 4.63. The third kappa shape index (κ3) is 4.48. The second-order valence-corrected chi connectivity index (χ2v) is 8.67. The molecule has 1 atom stereocenters. The first-order chi connectivity index (χ1) is 16.2. The molecule has 168 valence electrons. The van der Waals surface area contributed by atoms with Crippen molar-refractivity contribution < 1.29 is 9.21 Å². The summed E-state index contributed by atoms with van der Waals surface area (Å²) >= 11 is 0. The molecule has 1 amide bonds. The molecule has 1 aromatic heterocycles. The highest BCUT2D eigenvalue weighted by Crippen LogP contribution is 2.32. The van der Waals surface area contributed by atoms with Gasteiger partial charge in [0.25, 0.3) is 0 Å². The highest BCUT2D eigenvalue weighted by molar-refractivity contribution is 5.93. The molecule has 1 aliphatic carbocycles. The van der Waals surface area contributed by atoms with Crippen LogP contribution in [0.3, 0.4) is 0 Å². The van der Waals surface area contributed by atoms with Gasteiger partial charge >= 0.3 is 0 Å². The average Bonchev–Trinajstić information content (AvgIpc) is 3.33. The third-order valence-electron chi connectivity index (χ3n) is 6.68. The van der Waals surface area contributed by atoms with Crippen LogP contribution in [-0.4, -0.2) is 42.0 Å². The second-order valence-electron chi connectivity index (χ2n) is 8.67. The number of piperazine rings is 1. The molecule has 1 unspecified atom stereocenters. The van der Waals surface area contributed by atoms with Gasteiger partial charge in [0.1, 0.15) is 18.4 Å². The van der Waals surface area contributed by atoms with Gasteiger partial charge in [-0.05, 0) is 36.6 Å². The number of oxazole rings is 1. The van der Waals surface area contributed by atoms with E-state index in [1.165, 1.54) is 0 Å². The van der Waals surface area contributed by atoms with Crippen molar-refractivity contribution in [3.8, 4) is 6.07 Å². The van der Waals surface area contributed by atoms with E-state index in [0.717, 1.165) is 56.7 Å². The molecule has 0 bridgehead atoms. The molecule has 1 saturated heterocycles. The summed E-state index contributed by atoms with van der Waals surface area (Å²) in [4.78, 5) is 21.3. The van der Waals surface area contributed by atoms with Crippen LogP contribution in [0.25, 0.3) is 0 Å². The number of nitrogens with one attached hydrogen (secondary N) is 1. The highest BCUT2D eigenvalue weighted by Gasteiger charge is 2.30. The Balaban J connectivity index is 1.29. The summed E-state index contributed by atoms with van der Waals surface area (Å²) in [5, 5.41) is 12.7. The second kappa shape index (κ2) is 9.47. The Hall–Kier alpha value is -3.63. The number of hydrogen-bond donors (Lipinski definition) is 1. The van der Waals surface area contributed by atoms with Gasteiger partial charge in [0.05, 0.1) is 17.4 Å². The molecule has 1 aliphatic heterocycles. The average molecular weight is 442 g/mol. The molecule has 2 heterocycles. The van der Waals surface area contributed by atoms with E-state index < -0.39 is 0 Å². The van der Waals surface area contributed by atoms with Crippen LogP contribution in [-0.2, 0) is 4.79 Å². The maximum Gasteiger partial charge on any atom is 0.227 e. The predicted molar refractivity (Wildman–Crippen MR) is 126 cm³/mol. The molecule has 0 spiro atoms. The lowest BCUT2D eigenvalue weighted by Crippen LogP contribution is -2.48. The van der Waals surface area contributed by atoms with Gasteiger partial charge in [0.2, 0.25) is 11.8 Å². The molecule has 2 aliphatic rings. The number of rotatable bonds is 6. The van der Waals surface area contributed by atoms with Crippen molar-refractivity contribution in [3.63, 3.8) is 0 Å². The van der Waals surface area contributed by atoms with E-state index >= 15 is 0 Å². The van der Waals surface area contributed by atoms with Gasteiger partial charge in [0, 0.05) is 37.8 Å². The van der Waals surface area contributed by atoms with Gasteiger partial charge in [-0.1, -0.05) is 36.8 Å². The van der Waals surface area contributed by atoms with Crippen LogP contribution in [0, 0.1) is 17.2 Å². The standard InChI is InChI=1S/C26H27N5O2/c27-18-21-17-22(29-25(32)20-7-4-8-20)9-10-23(21)30-12-14-31(15-13-30)24(26-28-11-16-33-26)19-5-2-1-3-6-19/h1-3,5-6,9-11,16-17,20,24H,4,7-8,12-15H2,(H,29,32). The van der Waals surface area contributed by atoms with Gasteiger partial charge in [0.15, 0.2) is 0 Å². The van der Waals surface area contributed by atoms with Crippen molar-refractivity contribution in [1.29, 1.82) is 5.26 Å². The molecule has 33 heavy (non-hydrogen) atoms. The number of aromatic nitrogens is 1. The molecule has 5 rings (SSSR count). The van der Waals surface area contributed by atoms with Crippen LogP contribution in [0.15, 0.2) is 65.4 Å². The smallest absolute Gasteiger partial charge is 0.227 e. The molecular weight excluding hydrogens is 414 g/mol. The van der Waals surface area contributed by atoms with Gasteiger partial charge in [-0.15, -0.1) is 0 Å². The lowest BCUT2D eigenvalue weighted by molar-refractivity contribution is -0.122. The first-order valence-electron chi connectivity index (χ1n) is 11.5. The van der Waals surface area contributed by atoms with Crippen LogP contribution in [0.5, 0.6) is 0 Å². The highest BCUT2D eigenvalue weighted by atomic mass is 16.3. The van der Waals surface area contributed by atoms with Gasteiger partial charge in [-0.2, -0.15) is 5.26 Å². The van der Waals surface area contributed by atoms with E-state index in [9.17, 15) is 10.1 Å². The monoisotopic (exact) mass is 441 g/mol. The first kappa shape index (κ1) is 21.2. The first-order valence-corrected chi connectivity index (χ1v) is 11.5. The maximum absolute atomic E-state index is 12.3. The Labute approximate surface area is 193 Å². The Bertz CT molecular complexity index is 1130. The number of carbonyl (C=O) groups is 1. The minimum atomic E-state index is -0.0390. The van der Waals surface area contributed by atoms with Crippen molar-refractivity contribution in [3.05, 3.63) is 78.0 Å². The molecule has 3 aromatic rings. The number of carbonyl (C=O) groups excluding carboxylic acids is 1. The fourth-order valence-electron chi connectivity index (χ4n) is 4.63. The van der Waals surface area contributed by atoms with E-state index in [0.29, 0.717) is 17.1 Å². The number of nitrogens with zero attached hydrogens (tertiary/aromatic N) is 4. The molecule has 1 N–H and O–H groups in total. The third-order valence-corrected chi connectivity index (χ3v) is 6.68. The van der Waals surface area contributed by atoms with E-state index in [1.807, 2.05) is 30.3 Å². The minimum absolute atomic E-state index is 0.0390. The quantitative estimate of drug-likeness (QED) is 0.617.